The molecule has 142 valence electrons. The van der Waals surface area contributed by atoms with Crippen molar-refractivity contribution in [2.24, 2.45) is 0 Å². The van der Waals surface area contributed by atoms with Crippen LogP contribution in [-0.2, 0) is 4.79 Å². The van der Waals surface area contributed by atoms with Gasteiger partial charge >= 0.3 is 0 Å². The van der Waals surface area contributed by atoms with E-state index in [1.807, 2.05) is 38.1 Å². The lowest BCUT2D eigenvalue weighted by Crippen LogP contribution is -2.28. The summed E-state index contributed by atoms with van der Waals surface area (Å²) < 4.78 is 11.2. The van der Waals surface area contributed by atoms with E-state index in [-0.39, 0.29) is 12.5 Å². The van der Waals surface area contributed by atoms with E-state index in [2.05, 4.69) is 0 Å². The number of hydrogen-bond donors (Lipinski definition) is 0. The molecule has 1 fully saturated rings. The molecule has 1 amide bonds. The Balaban J connectivity index is 1.90. The number of nitrogens with zero attached hydrogens (tertiary/aromatic N) is 2. The van der Waals surface area contributed by atoms with Gasteiger partial charge < -0.3 is 9.47 Å². The lowest BCUT2D eigenvalue weighted by Gasteiger charge is -2.17. The molecule has 0 unspecified atom stereocenters. The molecule has 7 heteroatoms. The molecule has 0 radical (unpaired) electrons. The molecule has 1 heterocycles. The highest BCUT2D eigenvalue weighted by Crippen LogP contribution is 2.38. The van der Waals surface area contributed by atoms with Gasteiger partial charge in [-0.05, 0) is 49.2 Å². The van der Waals surface area contributed by atoms with Gasteiger partial charge in [-0.3, -0.25) is 9.69 Å². The van der Waals surface area contributed by atoms with E-state index >= 15 is 0 Å². The molecule has 2 aromatic rings. The average Bonchev–Trinajstić information content (AvgIpc) is 2.94. The van der Waals surface area contributed by atoms with E-state index in [1.54, 1.807) is 29.2 Å². The maximum Gasteiger partial charge on any atom is 0.270 e. The second kappa shape index (κ2) is 8.46. The van der Waals surface area contributed by atoms with Gasteiger partial charge in [-0.25, -0.2) is 0 Å². The molecule has 1 aliphatic heterocycles. The fourth-order valence-corrected chi connectivity index (χ4v) is 4.17. The van der Waals surface area contributed by atoms with Crippen molar-refractivity contribution in [3.63, 3.8) is 0 Å². The van der Waals surface area contributed by atoms with Crippen molar-refractivity contribution in [2.45, 2.75) is 13.8 Å². The van der Waals surface area contributed by atoms with Crippen molar-refractivity contribution in [2.75, 3.05) is 18.6 Å². The molecule has 0 aromatic heterocycles. The first-order chi connectivity index (χ1) is 13.4. The van der Waals surface area contributed by atoms with Crippen LogP contribution >= 0.6 is 24.0 Å². The number of nitriles is 1. The molecule has 0 saturated carbocycles. The van der Waals surface area contributed by atoms with Crippen LogP contribution in [0.3, 0.4) is 0 Å². The molecular weight excluding hydrogens is 392 g/mol. The normalized spacial score (nSPS) is 15.1. The van der Waals surface area contributed by atoms with Crippen LogP contribution < -0.4 is 14.4 Å². The van der Waals surface area contributed by atoms with Crippen molar-refractivity contribution in [3.05, 3.63) is 58.0 Å². The first-order valence-electron chi connectivity index (χ1n) is 8.47. The number of hydrogen-bond acceptors (Lipinski definition) is 6. The molecule has 1 aliphatic rings. The smallest absolute Gasteiger partial charge is 0.270 e. The number of amides is 1. The third kappa shape index (κ3) is 4.03. The Bertz CT molecular complexity index is 1020. The van der Waals surface area contributed by atoms with Gasteiger partial charge in [0.1, 0.15) is 6.07 Å². The Hall–Kier alpha value is -2.82. The Kier molecular flexibility index (Phi) is 6.02. The van der Waals surface area contributed by atoms with E-state index in [4.69, 9.17) is 27.0 Å². The number of ether oxygens (including phenoxy) is 2. The zero-order chi connectivity index (χ0) is 20.3. The summed E-state index contributed by atoms with van der Waals surface area (Å²) in [7, 11) is 1.53. The third-order valence-corrected chi connectivity index (χ3v) is 5.47. The van der Waals surface area contributed by atoms with Crippen molar-refractivity contribution in [1.29, 1.82) is 5.26 Å². The van der Waals surface area contributed by atoms with E-state index < -0.39 is 0 Å². The third-order valence-electron chi connectivity index (χ3n) is 4.16. The minimum atomic E-state index is -0.147. The number of carbonyl (C=O) groups is 1. The van der Waals surface area contributed by atoms with Crippen molar-refractivity contribution in [3.8, 4) is 17.6 Å². The number of aryl methyl sites for hydroxylation is 2. The van der Waals surface area contributed by atoms with Crippen LogP contribution in [0.5, 0.6) is 11.5 Å². The quantitative estimate of drug-likeness (QED) is 0.529. The molecule has 0 atom stereocenters. The summed E-state index contributed by atoms with van der Waals surface area (Å²) in [6.45, 7) is 3.91. The van der Waals surface area contributed by atoms with E-state index in [1.165, 1.54) is 18.9 Å². The number of rotatable bonds is 5. The number of benzene rings is 2. The Morgan fingerprint density at radius 2 is 2.00 bits per heavy atom. The number of anilines is 1. The van der Waals surface area contributed by atoms with Gasteiger partial charge in [-0.2, -0.15) is 5.26 Å². The maximum absolute atomic E-state index is 13.0. The van der Waals surface area contributed by atoms with Crippen molar-refractivity contribution >= 4 is 46.0 Å². The average molecular weight is 411 g/mol. The topological polar surface area (TPSA) is 62.6 Å². The molecule has 5 nitrogen and oxygen atoms in total. The fourth-order valence-electron chi connectivity index (χ4n) is 2.89. The summed E-state index contributed by atoms with van der Waals surface area (Å²) >= 11 is 6.72. The van der Waals surface area contributed by atoms with Gasteiger partial charge in [0, 0.05) is 0 Å². The molecule has 28 heavy (non-hydrogen) atoms. The zero-order valence-electron chi connectivity index (χ0n) is 15.7. The van der Waals surface area contributed by atoms with Gasteiger partial charge in [-0.15, -0.1) is 0 Å². The summed E-state index contributed by atoms with van der Waals surface area (Å²) in [5.74, 6) is 0.823. The van der Waals surface area contributed by atoms with Crippen LogP contribution in [0.4, 0.5) is 5.69 Å². The zero-order valence-corrected chi connectivity index (χ0v) is 17.3. The van der Waals surface area contributed by atoms with Crippen LogP contribution in [0.15, 0.2) is 41.3 Å². The van der Waals surface area contributed by atoms with Crippen molar-refractivity contribution < 1.29 is 14.3 Å². The first kappa shape index (κ1) is 19.9. The molecule has 0 aliphatic carbocycles. The van der Waals surface area contributed by atoms with Crippen LogP contribution in [-0.4, -0.2) is 23.9 Å². The Morgan fingerprint density at radius 3 is 2.68 bits per heavy atom. The fraction of sp³-hybridized carbons (Fsp3) is 0.190. The monoisotopic (exact) mass is 410 g/mol. The molecule has 0 N–H and O–H groups in total. The number of carbonyl (C=O) groups excluding carboxylic acids is 1. The number of thioether (sulfide) groups is 1. The standard InChI is InChI=1S/C21H18N2O3S2/c1-13-4-6-16(14(2)10-13)23-20(24)19(28-21(23)27)12-15-5-7-17(26-9-8-22)18(11-15)25-3/h4-7,10-12H,9H2,1-3H3/b19-12+. The summed E-state index contributed by atoms with van der Waals surface area (Å²) in [6.07, 6.45) is 1.78. The number of thiocarbonyl (C=S) groups is 1. The molecule has 3 rings (SSSR count). The molecule has 0 spiro atoms. The molecule has 1 saturated heterocycles. The predicted molar refractivity (Wildman–Crippen MR) is 116 cm³/mol. The highest BCUT2D eigenvalue weighted by Gasteiger charge is 2.34. The summed E-state index contributed by atoms with van der Waals surface area (Å²) in [6, 6.07) is 13.1. The van der Waals surface area contributed by atoms with Crippen LogP contribution in [0.2, 0.25) is 0 Å². The molecule has 2 aromatic carbocycles. The summed E-state index contributed by atoms with van der Waals surface area (Å²) in [5, 5.41) is 8.66. The van der Waals surface area contributed by atoms with Gasteiger partial charge in [0.2, 0.25) is 0 Å². The Morgan fingerprint density at radius 1 is 1.21 bits per heavy atom. The van der Waals surface area contributed by atoms with Gasteiger partial charge in [0.05, 0.1) is 17.7 Å². The largest absolute Gasteiger partial charge is 0.493 e. The van der Waals surface area contributed by atoms with Gasteiger partial charge in [0.15, 0.2) is 22.4 Å². The number of methoxy groups -OCH3 is 1. The lowest BCUT2D eigenvalue weighted by atomic mass is 10.1. The van der Waals surface area contributed by atoms with Crippen LogP contribution in [0.1, 0.15) is 16.7 Å². The second-order valence-corrected chi connectivity index (χ2v) is 7.84. The first-order valence-corrected chi connectivity index (χ1v) is 9.70. The maximum atomic E-state index is 13.0. The highest BCUT2D eigenvalue weighted by atomic mass is 32.2. The Labute approximate surface area is 173 Å². The van der Waals surface area contributed by atoms with E-state index in [0.717, 1.165) is 22.4 Å². The minimum Gasteiger partial charge on any atom is -0.493 e. The summed E-state index contributed by atoms with van der Waals surface area (Å²) in [5.41, 5.74) is 3.71. The summed E-state index contributed by atoms with van der Waals surface area (Å²) in [4.78, 5) is 15.1. The molecular formula is C21H18N2O3S2. The van der Waals surface area contributed by atoms with Gasteiger partial charge in [0.25, 0.3) is 5.91 Å². The lowest BCUT2D eigenvalue weighted by molar-refractivity contribution is -0.113. The van der Waals surface area contributed by atoms with E-state index in [9.17, 15) is 4.79 Å². The molecule has 0 bridgehead atoms. The van der Waals surface area contributed by atoms with Crippen molar-refractivity contribution in [1.82, 2.24) is 0 Å². The second-order valence-electron chi connectivity index (χ2n) is 6.16. The van der Waals surface area contributed by atoms with Crippen LogP contribution in [0.25, 0.3) is 6.08 Å². The highest BCUT2D eigenvalue weighted by molar-refractivity contribution is 8.27. The van der Waals surface area contributed by atoms with Gasteiger partial charge in [-0.1, -0.05) is 47.7 Å². The minimum absolute atomic E-state index is 0.0652. The van der Waals surface area contributed by atoms with Crippen LogP contribution in [0, 0.1) is 25.2 Å². The predicted octanol–water partition coefficient (Wildman–Crippen LogP) is 4.62. The SMILES string of the molecule is COc1cc(/C=C2/SC(=S)N(c3ccc(C)cc3C)C2=O)ccc1OCC#N. The van der Waals surface area contributed by atoms with E-state index in [0.29, 0.717) is 20.7 Å².